The van der Waals surface area contributed by atoms with Gasteiger partial charge in [0.25, 0.3) is 5.88 Å². The monoisotopic (exact) mass is 173 g/mol. The standard InChI is InChI=1S/C7H8ClNO2/c1-10-6-3-5(8)4-9-7(6)11-2/h3-4H,1-2H3. The third-order valence-electron chi connectivity index (χ3n) is 1.20. The van der Waals surface area contributed by atoms with E-state index in [1.165, 1.54) is 20.4 Å². The van der Waals surface area contributed by atoms with E-state index in [1.807, 2.05) is 0 Å². The van der Waals surface area contributed by atoms with Crippen molar-refractivity contribution in [1.82, 2.24) is 4.98 Å². The Morgan fingerprint density at radius 1 is 1.36 bits per heavy atom. The lowest BCUT2D eigenvalue weighted by atomic mass is 10.4. The lowest BCUT2D eigenvalue weighted by Crippen LogP contribution is -1.92. The quantitative estimate of drug-likeness (QED) is 0.683. The zero-order valence-corrected chi connectivity index (χ0v) is 7.05. The number of aromatic nitrogens is 1. The predicted molar refractivity (Wildman–Crippen MR) is 42.4 cm³/mol. The SMILES string of the molecule is COc1cc(Cl)cnc1OC. The minimum atomic E-state index is 0.442. The minimum Gasteiger partial charge on any atom is -0.491 e. The van der Waals surface area contributed by atoms with E-state index in [4.69, 9.17) is 21.1 Å². The fourth-order valence-electron chi connectivity index (χ4n) is 0.708. The largest absolute Gasteiger partial charge is 0.491 e. The van der Waals surface area contributed by atoms with E-state index < -0.39 is 0 Å². The van der Waals surface area contributed by atoms with Gasteiger partial charge in [0.15, 0.2) is 5.75 Å². The third-order valence-corrected chi connectivity index (χ3v) is 1.40. The van der Waals surface area contributed by atoms with Crippen molar-refractivity contribution < 1.29 is 9.47 Å². The smallest absolute Gasteiger partial charge is 0.256 e. The van der Waals surface area contributed by atoms with Gasteiger partial charge in [-0.1, -0.05) is 11.6 Å². The van der Waals surface area contributed by atoms with Crippen LogP contribution in [0.3, 0.4) is 0 Å². The highest BCUT2D eigenvalue weighted by Crippen LogP contribution is 2.26. The van der Waals surface area contributed by atoms with E-state index in [9.17, 15) is 0 Å². The maximum absolute atomic E-state index is 5.65. The fraction of sp³-hybridized carbons (Fsp3) is 0.286. The third kappa shape index (κ3) is 1.74. The Hall–Kier alpha value is -0.960. The molecule has 0 bridgehead atoms. The second-order valence-corrected chi connectivity index (χ2v) is 2.30. The van der Waals surface area contributed by atoms with E-state index in [2.05, 4.69) is 4.98 Å². The molecule has 0 aliphatic carbocycles. The molecule has 1 rings (SSSR count). The molecule has 0 amide bonds. The molecular formula is C7H8ClNO2. The van der Waals surface area contributed by atoms with Crippen molar-refractivity contribution in [2.45, 2.75) is 0 Å². The maximum atomic E-state index is 5.65. The molecule has 0 N–H and O–H groups in total. The maximum Gasteiger partial charge on any atom is 0.256 e. The van der Waals surface area contributed by atoms with Crippen LogP contribution in [-0.4, -0.2) is 19.2 Å². The fourth-order valence-corrected chi connectivity index (χ4v) is 0.856. The summed E-state index contributed by atoms with van der Waals surface area (Å²) in [7, 11) is 3.06. The zero-order chi connectivity index (χ0) is 8.27. The molecule has 3 nitrogen and oxygen atoms in total. The molecule has 0 unspecified atom stereocenters. The number of halogens is 1. The molecule has 0 fully saturated rings. The number of ether oxygens (including phenoxy) is 2. The van der Waals surface area contributed by atoms with Gasteiger partial charge in [-0.2, -0.15) is 0 Å². The van der Waals surface area contributed by atoms with E-state index >= 15 is 0 Å². The first-order valence-corrected chi connectivity index (χ1v) is 3.39. The Morgan fingerprint density at radius 2 is 2.09 bits per heavy atom. The Balaban J connectivity index is 3.06. The van der Waals surface area contributed by atoms with Crippen molar-refractivity contribution in [2.75, 3.05) is 14.2 Å². The van der Waals surface area contributed by atoms with Gasteiger partial charge in [-0.3, -0.25) is 0 Å². The van der Waals surface area contributed by atoms with Gasteiger partial charge in [0.1, 0.15) is 0 Å². The molecule has 0 atom stereocenters. The van der Waals surface area contributed by atoms with Crippen molar-refractivity contribution in [3.63, 3.8) is 0 Å². The molecule has 0 saturated carbocycles. The van der Waals surface area contributed by atoms with Crippen molar-refractivity contribution in [3.05, 3.63) is 17.3 Å². The molecule has 1 aromatic rings. The highest BCUT2D eigenvalue weighted by Gasteiger charge is 2.03. The van der Waals surface area contributed by atoms with Crippen LogP contribution in [0.1, 0.15) is 0 Å². The van der Waals surface area contributed by atoms with Gasteiger partial charge in [-0.25, -0.2) is 4.98 Å². The highest BCUT2D eigenvalue weighted by atomic mass is 35.5. The first kappa shape index (κ1) is 8.14. The Labute approximate surface area is 69.9 Å². The van der Waals surface area contributed by atoms with E-state index in [0.29, 0.717) is 16.7 Å². The summed E-state index contributed by atoms with van der Waals surface area (Å²) < 4.78 is 9.84. The van der Waals surface area contributed by atoms with Crippen LogP contribution < -0.4 is 9.47 Å². The van der Waals surface area contributed by atoms with Crippen LogP contribution in [0, 0.1) is 0 Å². The van der Waals surface area contributed by atoms with Gasteiger partial charge in [-0.15, -0.1) is 0 Å². The molecule has 0 saturated heterocycles. The summed E-state index contributed by atoms with van der Waals surface area (Å²) in [5, 5.41) is 0.530. The molecule has 60 valence electrons. The summed E-state index contributed by atoms with van der Waals surface area (Å²) in [4.78, 5) is 3.89. The Kier molecular flexibility index (Phi) is 2.54. The molecule has 1 heterocycles. The average Bonchev–Trinajstić information content (AvgIpc) is 2.04. The van der Waals surface area contributed by atoms with E-state index in [-0.39, 0.29) is 0 Å². The number of hydrogen-bond acceptors (Lipinski definition) is 3. The molecular weight excluding hydrogens is 166 g/mol. The first-order chi connectivity index (χ1) is 5.27. The number of nitrogens with zero attached hydrogens (tertiary/aromatic N) is 1. The normalized spacial score (nSPS) is 9.36. The number of hydrogen-bond donors (Lipinski definition) is 0. The molecule has 0 aliphatic rings. The van der Waals surface area contributed by atoms with E-state index in [0.717, 1.165) is 0 Å². The molecule has 4 heteroatoms. The molecule has 0 spiro atoms. The molecule has 0 aromatic carbocycles. The van der Waals surface area contributed by atoms with Crippen LogP contribution in [0.4, 0.5) is 0 Å². The van der Waals surface area contributed by atoms with Crippen LogP contribution >= 0.6 is 11.6 Å². The van der Waals surface area contributed by atoms with Crippen molar-refractivity contribution in [3.8, 4) is 11.6 Å². The van der Waals surface area contributed by atoms with Gasteiger partial charge in [0.2, 0.25) is 0 Å². The number of methoxy groups -OCH3 is 2. The van der Waals surface area contributed by atoms with Crippen LogP contribution in [0.5, 0.6) is 11.6 Å². The Morgan fingerprint density at radius 3 is 2.64 bits per heavy atom. The molecule has 1 aromatic heterocycles. The molecule has 11 heavy (non-hydrogen) atoms. The summed E-state index contributed by atoms with van der Waals surface area (Å²) in [6.07, 6.45) is 1.50. The van der Waals surface area contributed by atoms with Crippen LogP contribution in [-0.2, 0) is 0 Å². The average molecular weight is 174 g/mol. The second-order valence-electron chi connectivity index (χ2n) is 1.87. The van der Waals surface area contributed by atoms with Crippen LogP contribution in [0.25, 0.3) is 0 Å². The topological polar surface area (TPSA) is 31.4 Å². The molecule has 0 aliphatic heterocycles. The number of rotatable bonds is 2. The second kappa shape index (κ2) is 3.44. The van der Waals surface area contributed by atoms with E-state index in [1.54, 1.807) is 6.07 Å². The highest BCUT2D eigenvalue weighted by molar-refractivity contribution is 6.30. The van der Waals surface area contributed by atoms with Gasteiger partial charge >= 0.3 is 0 Å². The van der Waals surface area contributed by atoms with Gasteiger partial charge in [0.05, 0.1) is 19.2 Å². The molecule has 0 radical (unpaired) electrons. The summed E-state index contributed by atoms with van der Waals surface area (Å²) in [5.41, 5.74) is 0. The van der Waals surface area contributed by atoms with Crippen molar-refractivity contribution in [2.24, 2.45) is 0 Å². The lowest BCUT2D eigenvalue weighted by Gasteiger charge is -2.04. The number of pyridine rings is 1. The van der Waals surface area contributed by atoms with Crippen molar-refractivity contribution in [1.29, 1.82) is 0 Å². The zero-order valence-electron chi connectivity index (χ0n) is 6.30. The minimum absolute atomic E-state index is 0.442. The summed E-state index contributed by atoms with van der Waals surface area (Å²) in [6.45, 7) is 0. The predicted octanol–water partition coefficient (Wildman–Crippen LogP) is 1.75. The lowest BCUT2D eigenvalue weighted by molar-refractivity contribution is 0.343. The van der Waals surface area contributed by atoms with Gasteiger partial charge < -0.3 is 9.47 Å². The summed E-state index contributed by atoms with van der Waals surface area (Å²) in [5.74, 6) is 0.983. The summed E-state index contributed by atoms with van der Waals surface area (Å²) in [6, 6.07) is 1.65. The van der Waals surface area contributed by atoms with Crippen LogP contribution in [0.15, 0.2) is 12.3 Å². The Bertz CT molecular complexity index is 252. The first-order valence-electron chi connectivity index (χ1n) is 3.01. The van der Waals surface area contributed by atoms with Crippen molar-refractivity contribution >= 4 is 11.6 Å². The van der Waals surface area contributed by atoms with Crippen LogP contribution in [0.2, 0.25) is 5.02 Å². The van der Waals surface area contributed by atoms with Gasteiger partial charge in [-0.05, 0) is 0 Å². The van der Waals surface area contributed by atoms with Gasteiger partial charge in [0, 0.05) is 12.3 Å². The summed E-state index contributed by atoms with van der Waals surface area (Å²) >= 11 is 5.65.